The number of aromatic carboxylic acids is 1. The second-order valence-corrected chi connectivity index (χ2v) is 12.3. The van der Waals surface area contributed by atoms with Crippen molar-refractivity contribution in [2.75, 3.05) is 18.0 Å². The number of benzene rings is 1. The van der Waals surface area contributed by atoms with Gasteiger partial charge in [-0.05, 0) is 42.9 Å². The summed E-state index contributed by atoms with van der Waals surface area (Å²) in [5.41, 5.74) is 1.74. The van der Waals surface area contributed by atoms with Gasteiger partial charge in [-0.25, -0.2) is 9.18 Å². The van der Waals surface area contributed by atoms with E-state index in [1.54, 1.807) is 30.8 Å². The summed E-state index contributed by atoms with van der Waals surface area (Å²) in [4.78, 5) is 19.5. The van der Waals surface area contributed by atoms with E-state index in [1.165, 1.54) is 28.2 Å². The predicted molar refractivity (Wildman–Crippen MR) is 133 cm³/mol. The van der Waals surface area contributed by atoms with Crippen molar-refractivity contribution in [1.82, 2.24) is 14.8 Å². The lowest BCUT2D eigenvalue weighted by atomic mass is 9.83. The summed E-state index contributed by atoms with van der Waals surface area (Å²) in [6.45, 7) is 12.4. The lowest BCUT2D eigenvalue weighted by molar-refractivity contribution is 0.0688. The first-order valence-electron chi connectivity index (χ1n) is 11.1. The average molecular weight is 489 g/mol. The normalized spacial score (nSPS) is 15.9. The van der Waals surface area contributed by atoms with Crippen LogP contribution >= 0.6 is 23.1 Å². The van der Waals surface area contributed by atoms with E-state index in [4.69, 9.17) is 4.98 Å². The van der Waals surface area contributed by atoms with Gasteiger partial charge in [-0.3, -0.25) is 0 Å². The van der Waals surface area contributed by atoms with E-state index in [0.717, 1.165) is 36.0 Å². The molecule has 0 unspecified atom stereocenters. The second-order valence-electron chi connectivity index (χ2n) is 9.46. The number of halogens is 1. The van der Waals surface area contributed by atoms with Crippen molar-refractivity contribution < 1.29 is 14.3 Å². The number of carbonyl (C=O) groups is 1. The number of nitrogens with zero attached hydrogens (tertiary/aromatic N) is 4. The maximum atomic E-state index is 13.9. The Labute approximate surface area is 201 Å². The van der Waals surface area contributed by atoms with Gasteiger partial charge in [0.25, 0.3) is 0 Å². The molecule has 0 amide bonds. The van der Waals surface area contributed by atoms with Gasteiger partial charge in [0, 0.05) is 23.9 Å². The highest BCUT2D eigenvalue weighted by molar-refractivity contribution is 8.01. The minimum absolute atomic E-state index is 0.000672. The molecule has 0 saturated carbocycles. The Morgan fingerprint density at radius 1 is 1.27 bits per heavy atom. The number of aromatic nitrogens is 3. The van der Waals surface area contributed by atoms with Crippen LogP contribution < -0.4 is 4.90 Å². The summed E-state index contributed by atoms with van der Waals surface area (Å²) in [5, 5.41) is 15.5. The number of thiazole rings is 1. The standard InChI is InChI=1S/C24H29FN4O2S2/c1-14(2)32-22-20(28-11-9-24(4,5)10-12-28)26-23(33-22)29-19(21(30)31)18(15(3)27-29)16-7-6-8-17(25)13-16/h6-8,13-14H,9-12H2,1-5H3,(H,30,31). The Morgan fingerprint density at radius 3 is 2.58 bits per heavy atom. The lowest BCUT2D eigenvalue weighted by Gasteiger charge is -2.37. The van der Waals surface area contributed by atoms with Crippen LogP contribution in [0.25, 0.3) is 16.3 Å². The van der Waals surface area contributed by atoms with Gasteiger partial charge >= 0.3 is 5.97 Å². The molecule has 33 heavy (non-hydrogen) atoms. The molecule has 1 aromatic carbocycles. The average Bonchev–Trinajstić information content (AvgIpc) is 3.28. The van der Waals surface area contributed by atoms with Crippen LogP contribution in [0.15, 0.2) is 28.5 Å². The highest BCUT2D eigenvalue weighted by Crippen LogP contribution is 2.42. The SMILES string of the molecule is Cc1nn(-c2nc(N3CCC(C)(C)CC3)c(SC(C)C)s2)c(C(=O)O)c1-c1cccc(F)c1. The van der Waals surface area contributed by atoms with Crippen molar-refractivity contribution in [2.24, 2.45) is 5.41 Å². The van der Waals surface area contributed by atoms with Crippen molar-refractivity contribution in [3.8, 4) is 16.3 Å². The highest BCUT2D eigenvalue weighted by Gasteiger charge is 2.31. The highest BCUT2D eigenvalue weighted by atomic mass is 32.2. The summed E-state index contributed by atoms with van der Waals surface area (Å²) < 4.78 is 16.4. The third-order valence-electron chi connectivity index (χ3n) is 5.88. The summed E-state index contributed by atoms with van der Waals surface area (Å²) in [6, 6.07) is 5.95. The minimum atomic E-state index is -1.12. The third-order valence-corrected chi connectivity index (χ3v) is 8.11. The zero-order valence-corrected chi connectivity index (χ0v) is 21.2. The van der Waals surface area contributed by atoms with Crippen molar-refractivity contribution >= 4 is 34.9 Å². The number of anilines is 1. The van der Waals surface area contributed by atoms with E-state index in [0.29, 0.717) is 32.6 Å². The Bertz CT molecular complexity index is 1180. The van der Waals surface area contributed by atoms with E-state index in [1.807, 2.05) is 0 Å². The number of hydrogen-bond donors (Lipinski definition) is 1. The first-order valence-corrected chi connectivity index (χ1v) is 12.8. The molecular formula is C24H29FN4O2S2. The summed E-state index contributed by atoms with van der Waals surface area (Å²) in [5.74, 6) is -0.637. The Morgan fingerprint density at radius 2 is 1.97 bits per heavy atom. The molecule has 1 N–H and O–H groups in total. The maximum Gasteiger partial charge on any atom is 0.355 e. The molecule has 0 atom stereocenters. The molecule has 3 heterocycles. The molecule has 3 aromatic rings. The van der Waals surface area contributed by atoms with Gasteiger partial charge in [0.2, 0.25) is 5.13 Å². The molecule has 0 bridgehead atoms. The number of aryl methyl sites for hydroxylation is 1. The zero-order chi connectivity index (χ0) is 23.9. The second kappa shape index (κ2) is 9.10. The fourth-order valence-electron chi connectivity index (χ4n) is 4.05. The molecular weight excluding hydrogens is 459 g/mol. The maximum absolute atomic E-state index is 13.9. The van der Waals surface area contributed by atoms with Crippen molar-refractivity contribution in [1.29, 1.82) is 0 Å². The number of hydrogen-bond acceptors (Lipinski definition) is 6. The van der Waals surface area contributed by atoms with Crippen LogP contribution in [0.3, 0.4) is 0 Å². The molecule has 2 aromatic heterocycles. The largest absolute Gasteiger partial charge is 0.476 e. The Hall–Kier alpha value is -2.39. The number of carboxylic acids is 1. The van der Waals surface area contributed by atoms with E-state index in [-0.39, 0.29) is 5.69 Å². The molecule has 1 aliphatic rings. The van der Waals surface area contributed by atoms with Crippen LogP contribution in [0.1, 0.15) is 56.7 Å². The van der Waals surface area contributed by atoms with Gasteiger partial charge in [-0.15, -0.1) is 11.8 Å². The Kier molecular flexibility index (Phi) is 6.55. The molecule has 0 spiro atoms. The summed E-state index contributed by atoms with van der Waals surface area (Å²) >= 11 is 3.19. The first-order chi connectivity index (χ1) is 15.6. The van der Waals surface area contributed by atoms with Crippen LogP contribution in [0.5, 0.6) is 0 Å². The summed E-state index contributed by atoms with van der Waals surface area (Å²) in [6.07, 6.45) is 2.16. The molecule has 4 rings (SSSR count). The monoisotopic (exact) mass is 488 g/mol. The molecule has 1 aliphatic heterocycles. The van der Waals surface area contributed by atoms with Crippen LogP contribution in [-0.2, 0) is 0 Å². The fraction of sp³-hybridized carbons (Fsp3) is 0.458. The fourth-order valence-corrected chi connectivity index (χ4v) is 6.53. The van der Waals surface area contributed by atoms with Gasteiger partial charge in [-0.2, -0.15) is 14.8 Å². The van der Waals surface area contributed by atoms with Gasteiger partial charge < -0.3 is 10.0 Å². The summed E-state index contributed by atoms with van der Waals surface area (Å²) in [7, 11) is 0. The van der Waals surface area contributed by atoms with E-state index < -0.39 is 11.8 Å². The van der Waals surface area contributed by atoms with Gasteiger partial charge in [0.15, 0.2) is 11.5 Å². The topological polar surface area (TPSA) is 71.2 Å². The smallest absolute Gasteiger partial charge is 0.355 e. The van der Waals surface area contributed by atoms with E-state index >= 15 is 0 Å². The van der Waals surface area contributed by atoms with Crippen molar-refractivity contribution in [3.05, 3.63) is 41.5 Å². The van der Waals surface area contributed by atoms with Crippen LogP contribution in [0.4, 0.5) is 10.2 Å². The first kappa shape index (κ1) is 23.8. The van der Waals surface area contributed by atoms with E-state index in [2.05, 4.69) is 37.7 Å². The van der Waals surface area contributed by atoms with Gasteiger partial charge in [0.1, 0.15) is 10.0 Å². The molecule has 176 valence electrons. The molecule has 0 radical (unpaired) electrons. The Balaban J connectivity index is 1.81. The minimum Gasteiger partial charge on any atom is -0.476 e. The third kappa shape index (κ3) is 4.94. The molecule has 1 fully saturated rings. The van der Waals surface area contributed by atoms with Gasteiger partial charge in [0.05, 0.1) is 5.69 Å². The lowest BCUT2D eigenvalue weighted by Crippen LogP contribution is -2.37. The molecule has 6 nitrogen and oxygen atoms in total. The van der Waals surface area contributed by atoms with Gasteiger partial charge in [-0.1, -0.05) is 51.2 Å². The predicted octanol–water partition coefficient (Wildman–Crippen LogP) is 6.27. The van der Waals surface area contributed by atoms with Crippen LogP contribution in [0.2, 0.25) is 0 Å². The van der Waals surface area contributed by atoms with Crippen molar-refractivity contribution in [3.63, 3.8) is 0 Å². The number of thioether (sulfide) groups is 1. The van der Waals surface area contributed by atoms with E-state index in [9.17, 15) is 14.3 Å². The quantitative estimate of drug-likeness (QED) is 0.413. The number of carboxylic acid groups (broad SMARTS) is 1. The molecule has 0 aliphatic carbocycles. The van der Waals surface area contributed by atoms with Crippen LogP contribution in [-0.4, -0.2) is 44.2 Å². The number of rotatable bonds is 6. The zero-order valence-electron chi connectivity index (χ0n) is 19.6. The number of piperidine rings is 1. The molecule has 1 saturated heterocycles. The van der Waals surface area contributed by atoms with Crippen LogP contribution in [0, 0.1) is 18.2 Å². The molecule has 9 heteroatoms. The van der Waals surface area contributed by atoms with Crippen molar-refractivity contribution in [2.45, 2.75) is 56.9 Å².